The molecule has 0 aromatic heterocycles. The summed E-state index contributed by atoms with van der Waals surface area (Å²) in [5.74, 6) is -3.76. The third-order valence-electron chi connectivity index (χ3n) is 3.04. The molecule has 171 valence electrons. The maximum atomic E-state index is 11.6. The molecule has 12 nitrogen and oxygen atoms in total. The molecule has 0 aliphatic rings. The van der Waals surface area contributed by atoms with Crippen LogP contribution in [0.2, 0.25) is 0 Å². The van der Waals surface area contributed by atoms with Crippen molar-refractivity contribution in [2.45, 2.75) is 37.9 Å². The van der Waals surface area contributed by atoms with Crippen molar-refractivity contribution in [1.29, 1.82) is 0 Å². The van der Waals surface area contributed by atoms with Gasteiger partial charge in [-0.1, -0.05) is 0 Å². The van der Waals surface area contributed by atoms with Crippen LogP contribution in [0.25, 0.3) is 0 Å². The molecule has 1 radical (unpaired) electrons. The van der Waals surface area contributed by atoms with E-state index in [1.807, 2.05) is 0 Å². The molecule has 15 heteroatoms. The molecule has 0 aromatic carbocycles. The predicted molar refractivity (Wildman–Crippen MR) is 115 cm³/mol. The van der Waals surface area contributed by atoms with E-state index in [9.17, 15) is 24.0 Å². The van der Waals surface area contributed by atoms with Gasteiger partial charge in [0.1, 0.15) is 6.04 Å². The van der Waals surface area contributed by atoms with Crippen molar-refractivity contribution in [2.24, 2.45) is 10.7 Å². The number of nitrogens with zero attached hydrogens (tertiary/aromatic N) is 1. The fourth-order valence-electron chi connectivity index (χ4n) is 1.55. The Hall–Kier alpha value is -1.80. The van der Waals surface area contributed by atoms with Gasteiger partial charge in [0, 0.05) is 12.7 Å². The zero-order valence-corrected chi connectivity index (χ0v) is 19.5. The van der Waals surface area contributed by atoms with Crippen LogP contribution >= 0.6 is 25.3 Å². The van der Waals surface area contributed by atoms with Gasteiger partial charge >= 0.3 is 135 Å². The SMILES string of the molecule is CC(=O)N[C@@H](CS)C(=O)O.NC(CCC(=O)NC(CS)C([Se])=NCC(=O)O)C(=O)O. The Morgan fingerprint density at radius 1 is 1.00 bits per heavy atom. The molecule has 0 rings (SSSR count). The number of nitrogens with one attached hydrogen (secondary N) is 2. The van der Waals surface area contributed by atoms with E-state index in [-0.39, 0.29) is 30.3 Å². The molecular formula is C15H25N4O8S2Se. The first-order chi connectivity index (χ1) is 13.8. The van der Waals surface area contributed by atoms with E-state index in [4.69, 9.17) is 21.1 Å². The molecule has 0 fully saturated rings. The Balaban J connectivity index is 0. The fourth-order valence-corrected chi connectivity index (χ4v) is 2.77. The number of carbonyl (C=O) groups excluding carboxylic acids is 2. The Morgan fingerprint density at radius 2 is 1.53 bits per heavy atom. The van der Waals surface area contributed by atoms with E-state index in [1.54, 1.807) is 0 Å². The third kappa shape index (κ3) is 16.0. The van der Waals surface area contributed by atoms with Gasteiger partial charge in [-0.2, -0.15) is 12.6 Å². The number of hydrogen-bond acceptors (Lipinski definition) is 9. The van der Waals surface area contributed by atoms with Crippen molar-refractivity contribution < 1.29 is 39.3 Å². The van der Waals surface area contributed by atoms with Gasteiger partial charge in [0.2, 0.25) is 5.91 Å². The van der Waals surface area contributed by atoms with Gasteiger partial charge in [-0.15, -0.1) is 0 Å². The van der Waals surface area contributed by atoms with E-state index in [1.165, 1.54) is 6.92 Å². The Kier molecular flexibility index (Phi) is 17.2. The quantitative estimate of drug-likeness (QED) is 0.0774. The van der Waals surface area contributed by atoms with Crippen LogP contribution in [-0.4, -0.2) is 102 Å². The summed E-state index contributed by atoms with van der Waals surface area (Å²) in [6.45, 7) is 0.853. The first-order valence-electron chi connectivity index (χ1n) is 8.28. The van der Waals surface area contributed by atoms with Crippen molar-refractivity contribution in [1.82, 2.24) is 10.6 Å². The zero-order valence-electron chi connectivity index (χ0n) is 16.0. The summed E-state index contributed by atoms with van der Waals surface area (Å²) >= 11 is 10.3. The summed E-state index contributed by atoms with van der Waals surface area (Å²) in [7, 11) is 0. The van der Waals surface area contributed by atoms with Crippen LogP contribution in [0.3, 0.4) is 0 Å². The number of nitrogens with two attached hydrogens (primary N) is 1. The third-order valence-corrected chi connectivity index (χ3v) is 4.64. The summed E-state index contributed by atoms with van der Waals surface area (Å²) in [4.78, 5) is 56.7. The van der Waals surface area contributed by atoms with E-state index >= 15 is 0 Å². The summed E-state index contributed by atoms with van der Waals surface area (Å²) in [6.07, 6.45) is -0.0422. The van der Waals surface area contributed by atoms with Gasteiger partial charge in [0.15, 0.2) is 0 Å². The molecule has 2 amide bonds. The minimum absolute atomic E-state index is 0.00941. The number of rotatable bonds is 12. The molecule has 0 aliphatic heterocycles. The molecule has 7 N–H and O–H groups in total. The minimum atomic E-state index is -1.17. The molecule has 0 saturated heterocycles. The van der Waals surface area contributed by atoms with Crippen molar-refractivity contribution >= 4 is 75.6 Å². The Bertz CT molecular complexity index is 650. The number of amides is 2. The standard InChI is InChI=1S/C10H16N3O5SSe.C5H9NO3S/c11-5(10(17)18)1-2-7(14)13-6(4-19)9(20)12-3-8(15)16;1-3(7)6-4(2-10)5(8)9/h5-6,19H,1-4,11H2,(H,13,14)(H,15,16)(H,17,18);4,10H,2H2,1H3,(H,6,7)(H,8,9)/t;4-/m.0/s1. The second-order valence-corrected chi connectivity index (χ2v) is 7.22. The second kappa shape index (κ2) is 16.9. The van der Waals surface area contributed by atoms with Gasteiger partial charge in [-0.05, 0) is 0 Å². The zero-order chi connectivity index (χ0) is 23.9. The number of thiol groups is 2. The number of carboxylic acid groups (broad SMARTS) is 3. The molecular weight excluding hydrogens is 507 g/mol. The molecule has 2 unspecified atom stereocenters. The summed E-state index contributed by atoms with van der Waals surface area (Å²) < 4.78 is 0.318. The topological polar surface area (TPSA) is 208 Å². The van der Waals surface area contributed by atoms with Crippen molar-refractivity contribution in [2.75, 3.05) is 18.1 Å². The summed E-state index contributed by atoms with van der Waals surface area (Å²) in [6, 6.07) is -2.52. The number of carboxylic acids is 3. The monoisotopic (exact) mass is 533 g/mol. The van der Waals surface area contributed by atoms with Crippen LogP contribution in [0, 0.1) is 0 Å². The van der Waals surface area contributed by atoms with Crippen molar-refractivity contribution in [3.63, 3.8) is 0 Å². The van der Waals surface area contributed by atoms with Crippen LogP contribution in [-0.2, 0) is 24.0 Å². The molecule has 0 bridgehead atoms. The summed E-state index contributed by atoms with van der Waals surface area (Å²) in [5, 5.41) is 30.2. The van der Waals surface area contributed by atoms with E-state index < -0.39 is 48.5 Å². The van der Waals surface area contributed by atoms with E-state index in [0.717, 1.165) is 0 Å². The van der Waals surface area contributed by atoms with Gasteiger partial charge in [0.25, 0.3) is 0 Å². The van der Waals surface area contributed by atoms with Crippen molar-refractivity contribution in [3.05, 3.63) is 0 Å². The van der Waals surface area contributed by atoms with Crippen molar-refractivity contribution in [3.8, 4) is 0 Å². The molecule has 0 spiro atoms. The molecule has 0 saturated carbocycles. The number of aliphatic carboxylic acids is 3. The van der Waals surface area contributed by atoms with Gasteiger partial charge in [0.05, 0.1) is 0 Å². The number of carbonyl (C=O) groups is 5. The first-order valence-corrected chi connectivity index (χ1v) is 10.4. The average Bonchev–Trinajstić information content (AvgIpc) is 2.66. The maximum absolute atomic E-state index is 11.6. The number of hydrogen-bond donors (Lipinski definition) is 8. The van der Waals surface area contributed by atoms with Crippen LogP contribution in [0.1, 0.15) is 19.8 Å². The normalized spacial score (nSPS) is 13.7. The van der Waals surface area contributed by atoms with Crippen LogP contribution in [0.5, 0.6) is 0 Å². The van der Waals surface area contributed by atoms with Gasteiger partial charge in [-0.3, -0.25) is 4.79 Å². The first kappa shape index (κ1) is 30.4. The Morgan fingerprint density at radius 3 is 1.87 bits per heavy atom. The molecule has 30 heavy (non-hydrogen) atoms. The molecule has 0 heterocycles. The fraction of sp³-hybridized carbons (Fsp3) is 0.600. The van der Waals surface area contributed by atoms with E-state index in [2.05, 4.69) is 56.9 Å². The van der Waals surface area contributed by atoms with Gasteiger partial charge < -0.3 is 10.4 Å². The van der Waals surface area contributed by atoms with Gasteiger partial charge in [-0.25, -0.2) is 4.79 Å². The molecule has 0 aliphatic carbocycles. The van der Waals surface area contributed by atoms with Crippen LogP contribution in [0.4, 0.5) is 0 Å². The predicted octanol–water partition coefficient (Wildman–Crippen LogP) is -2.25. The number of aliphatic imine (C=N–C) groups is 1. The second-order valence-electron chi connectivity index (χ2n) is 5.61. The van der Waals surface area contributed by atoms with Crippen LogP contribution < -0.4 is 16.4 Å². The Labute approximate surface area is 192 Å². The van der Waals surface area contributed by atoms with Crippen LogP contribution in [0.15, 0.2) is 4.99 Å². The summed E-state index contributed by atoms with van der Waals surface area (Å²) in [5.41, 5.74) is 5.28. The average molecular weight is 532 g/mol. The van der Waals surface area contributed by atoms with E-state index in [0.29, 0.717) is 4.61 Å². The molecule has 0 aromatic rings. The molecule has 3 atom stereocenters.